The maximum Gasteiger partial charge on any atom is 0.244 e. The van der Waals surface area contributed by atoms with Crippen LogP contribution in [-0.4, -0.2) is 25.5 Å². The van der Waals surface area contributed by atoms with E-state index < -0.39 is 0 Å². The van der Waals surface area contributed by atoms with E-state index in [0.717, 1.165) is 16.8 Å². The summed E-state index contributed by atoms with van der Waals surface area (Å²) in [5.41, 5.74) is 3.50. The smallest absolute Gasteiger partial charge is 0.244 e. The van der Waals surface area contributed by atoms with E-state index in [0.29, 0.717) is 11.4 Å². The van der Waals surface area contributed by atoms with E-state index in [1.54, 1.807) is 31.4 Å². The number of carbonyl (C=O) groups excluding carboxylic acids is 2. The lowest BCUT2D eigenvalue weighted by atomic mass is 10.1. The monoisotopic (exact) mass is 326 g/mol. The molecule has 0 aromatic heterocycles. The van der Waals surface area contributed by atoms with Crippen molar-refractivity contribution >= 4 is 23.2 Å². The molecule has 0 unspecified atom stereocenters. The first-order valence-electron chi connectivity index (χ1n) is 7.70. The number of carbonyl (C=O) groups is 2. The number of rotatable bonds is 5. The van der Waals surface area contributed by atoms with Crippen LogP contribution in [0, 0.1) is 13.8 Å². The summed E-state index contributed by atoms with van der Waals surface area (Å²) >= 11 is 0. The number of aryl methyl sites for hydroxylation is 1. The quantitative estimate of drug-likeness (QED) is 0.917. The Balaban J connectivity index is 2.17. The lowest BCUT2D eigenvalue weighted by Crippen LogP contribution is -2.36. The molecule has 0 atom stereocenters. The van der Waals surface area contributed by atoms with Crippen molar-refractivity contribution in [2.24, 2.45) is 0 Å². The van der Waals surface area contributed by atoms with Crippen molar-refractivity contribution in [3.63, 3.8) is 0 Å². The third kappa shape index (κ3) is 4.13. The summed E-state index contributed by atoms with van der Waals surface area (Å²) in [6.45, 7) is 5.32. The summed E-state index contributed by atoms with van der Waals surface area (Å²) in [6.07, 6.45) is 0. The van der Waals surface area contributed by atoms with Crippen LogP contribution in [0.5, 0.6) is 5.75 Å². The minimum Gasteiger partial charge on any atom is -0.497 e. The van der Waals surface area contributed by atoms with Crippen LogP contribution in [0.4, 0.5) is 11.4 Å². The van der Waals surface area contributed by atoms with Crippen molar-refractivity contribution in [3.05, 3.63) is 53.6 Å². The maximum atomic E-state index is 12.4. The molecule has 24 heavy (non-hydrogen) atoms. The Morgan fingerprint density at radius 2 is 1.83 bits per heavy atom. The summed E-state index contributed by atoms with van der Waals surface area (Å²) in [4.78, 5) is 25.8. The van der Waals surface area contributed by atoms with Gasteiger partial charge < -0.3 is 15.0 Å². The van der Waals surface area contributed by atoms with Gasteiger partial charge in [-0.1, -0.05) is 18.2 Å². The van der Waals surface area contributed by atoms with Gasteiger partial charge in [0.05, 0.1) is 7.11 Å². The molecule has 2 aromatic rings. The zero-order chi connectivity index (χ0) is 17.7. The van der Waals surface area contributed by atoms with E-state index in [1.165, 1.54) is 11.8 Å². The molecule has 2 rings (SSSR count). The Labute approximate surface area is 142 Å². The molecule has 1 N–H and O–H groups in total. The minimum atomic E-state index is -0.248. The fourth-order valence-corrected chi connectivity index (χ4v) is 2.38. The van der Waals surface area contributed by atoms with Gasteiger partial charge in [0, 0.05) is 24.4 Å². The highest BCUT2D eigenvalue weighted by atomic mass is 16.5. The van der Waals surface area contributed by atoms with Crippen LogP contribution in [0.25, 0.3) is 0 Å². The summed E-state index contributed by atoms with van der Waals surface area (Å²) in [5, 5.41) is 2.87. The van der Waals surface area contributed by atoms with E-state index in [-0.39, 0.29) is 18.4 Å². The number of anilines is 2. The standard InChI is InChI=1S/C19H22N2O3/c1-13-7-5-10-18(14(13)2)20-19(23)12-21(15(3)22)16-8-6-9-17(11-16)24-4/h5-11H,12H2,1-4H3,(H,20,23). The van der Waals surface area contributed by atoms with Gasteiger partial charge in [-0.2, -0.15) is 0 Å². The van der Waals surface area contributed by atoms with Gasteiger partial charge in [0.1, 0.15) is 12.3 Å². The number of methoxy groups -OCH3 is 1. The van der Waals surface area contributed by atoms with E-state index in [9.17, 15) is 9.59 Å². The Bertz CT molecular complexity index is 756. The van der Waals surface area contributed by atoms with E-state index in [1.807, 2.05) is 32.0 Å². The molecule has 0 aliphatic heterocycles. The fraction of sp³-hybridized carbons (Fsp3) is 0.263. The minimum absolute atomic E-state index is 0.0596. The lowest BCUT2D eigenvalue weighted by Gasteiger charge is -2.21. The summed E-state index contributed by atoms with van der Waals surface area (Å²) in [5.74, 6) is 0.176. The van der Waals surface area contributed by atoms with Crippen LogP contribution in [-0.2, 0) is 9.59 Å². The molecular formula is C19H22N2O3. The van der Waals surface area contributed by atoms with Crippen molar-refractivity contribution in [1.82, 2.24) is 0 Å². The number of hydrogen-bond acceptors (Lipinski definition) is 3. The Hall–Kier alpha value is -2.82. The average Bonchev–Trinajstić information content (AvgIpc) is 2.56. The number of amides is 2. The van der Waals surface area contributed by atoms with Crippen molar-refractivity contribution in [1.29, 1.82) is 0 Å². The molecule has 2 amide bonds. The molecule has 2 aromatic carbocycles. The second-order valence-corrected chi connectivity index (χ2v) is 5.60. The van der Waals surface area contributed by atoms with E-state index in [4.69, 9.17) is 4.74 Å². The number of ether oxygens (including phenoxy) is 1. The van der Waals surface area contributed by atoms with Crippen molar-refractivity contribution in [2.45, 2.75) is 20.8 Å². The van der Waals surface area contributed by atoms with Crippen molar-refractivity contribution in [3.8, 4) is 5.75 Å². The zero-order valence-corrected chi connectivity index (χ0v) is 14.4. The first-order chi connectivity index (χ1) is 11.4. The van der Waals surface area contributed by atoms with Gasteiger partial charge in [-0.25, -0.2) is 0 Å². The van der Waals surface area contributed by atoms with Gasteiger partial charge in [-0.3, -0.25) is 9.59 Å². The molecule has 0 fully saturated rings. The SMILES string of the molecule is COc1cccc(N(CC(=O)Nc2cccc(C)c2C)C(C)=O)c1. The third-order valence-corrected chi connectivity index (χ3v) is 3.93. The topological polar surface area (TPSA) is 58.6 Å². The van der Waals surface area contributed by atoms with Gasteiger partial charge in [-0.05, 0) is 43.2 Å². The Morgan fingerprint density at radius 3 is 2.50 bits per heavy atom. The Kier molecular flexibility index (Phi) is 5.58. The van der Waals surface area contributed by atoms with Crippen molar-refractivity contribution < 1.29 is 14.3 Å². The molecule has 5 heteroatoms. The lowest BCUT2D eigenvalue weighted by molar-refractivity contribution is -0.120. The molecular weight excluding hydrogens is 304 g/mol. The first kappa shape index (κ1) is 17.5. The Morgan fingerprint density at radius 1 is 1.12 bits per heavy atom. The largest absolute Gasteiger partial charge is 0.497 e. The number of hydrogen-bond donors (Lipinski definition) is 1. The van der Waals surface area contributed by atoms with Gasteiger partial charge >= 0.3 is 0 Å². The van der Waals surface area contributed by atoms with E-state index >= 15 is 0 Å². The number of nitrogens with zero attached hydrogens (tertiary/aromatic N) is 1. The van der Waals surface area contributed by atoms with E-state index in [2.05, 4.69) is 5.32 Å². The highest BCUT2D eigenvalue weighted by Crippen LogP contribution is 2.22. The fourth-order valence-electron chi connectivity index (χ4n) is 2.38. The molecule has 0 radical (unpaired) electrons. The highest BCUT2D eigenvalue weighted by Gasteiger charge is 2.17. The normalized spacial score (nSPS) is 10.2. The van der Waals surface area contributed by atoms with Crippen molar-refractivity contribution in [2.75, 3.05) is 23.9 Å². The molecule has 0 heterocycles. The number of nitrogens with one attached hydrogen (secondary N) is 1. The maximum absolute atomic E-state index is 12.4. The van der Waals surface area contributed by atoms with Crippen LogP contribution in [0.2, 0.25) is 0 Å². The molecule has 0 saturated carbocycles. The first-order valence-corrected chi connectivity index (χ1v) is 7.70. The summed E-state index contributed by atoms with van der Waals surface area (Å²) in [7, 11) is 1.56. The molecule has 0 saturated heterocycles. The predicted molar refractivity (Wildman–Crippen MR) is 95.6 cm³/mol. The molecule has 0 spiro atoms. The van der Waals surface area contributed by atoms with Crippen LogP contribution < -0.4 is 15.0 Å². The van der Waals surface area contributed by atoms with Gasteiger partial charge in [0.15, 0.2) is 0 Å². The molecule has 0 aliphatic rings. The van der Waals surface area contributed by atoms with Crippen LogP contribution in [0.3, 0.4) is 0 Å². The second-order valence-electron chi connectivity index (χ2n) is 5.60. The molecule has 0 aliphatic carbocycles. The van der Waals surface area contributed by atoms with Crippen LogP contribution >= 0.6 is 0 Å². The van der Waals surface area contributed by atoms with Crippen LogP contribution in [0.1, 0.15) is 18.1 Å². The molecule has 5 nitrogen and oxygen atoms in total. The summed E-state index contributed by atoms with van der Waals surface area (Å²) in [6, 6.07) is 12.8. The van der Waals surface area contributed by atoms with Gasteiger partial charge in [0.25, 0.3) is 0 Å². The third-order valence-electron chi connectivity index (χ3n) is 3.93. The zero-order valence-electron chi connectivity index (χ0n) is 14.4. The second kappa shape index (κ2) is 7.64. The number of benzene rings is 2. The van der Waals surface area contributed by atoms with Gasteiger partial charge in [-0.15, -0.1) is 0 Å². The average molecular weight is 326 g/mol. The van der Waals surface area contributed by atoms with Gasteiger partial charge in [0.2, 0.25) is 11.8 Å². The molecule has 126 valence electrons. The summed E-state index contributed by atoms with van der Waals surface area (Å²) < 4.78 is 5.18. The molecule has 0 bridgehead atoms. The highest BCUT2D eigenvalue weighted by molar-refractivity contribution is 6.02. The van der Waals surface area contributed by atoms with Crippen LogP contribution in [0.15, 0.2) is 42.5 Å². The predicted octanol–water partition coefficient (Wildman–Crippen LogP) is 3.30.